The molecule has 0 spiro atoms. The molecule has 2 unspecified atom stereocenters. The molecule has 1 heterocycles. The molecule has 0 saturated carbocycles. The second-order valence-electron chi connectivity index (χ2n) is 5.52. The number of imidazole rings is 1. The Kier molecular flexibility index (Phi) is 4.66. The number of H-pyrrole nitrogens is 1. The Labute approximate surface area is 111 Å². The molecule has 0 bridgehead atoms. The fourth-order valence-electron chi connectivity index (χ4n) is 1.47. The maximum Gasteiger partial charge on any atom is 0.326 e. The fraction of sp³-hybridized carbons (Fsp3) is 0.583. The predicted octanol–water partition coefficient (Wildman–Crippen LogP) is -0.105. The van der Waals surface area contributed by atoms with Crippen molar-refractivity contribution in [3.05, 3.63) is 18.2 Å². The van der Waals surface area contributed by atoms with Crippen LogP contribution >= 0.6 is 0 Å². The molecule has 1 amide bonds. The maximum absolute atomic E-state index is 11.9. The highest BCUT2D eigenvalue weighted by atomic mass is 16.4. The van der Waals surface area contributed by atoms with Gasteiger partial charge in [-0.3, -0.25) is 4.79 Å². The van der Waals surface area contributed by atoms with Crippen LogP contribution < -0.4 is 11.1 Å². The monoisotopic (exact) mass is 268 g/mol. The van der Waals surface area contributed by atoms with Crippen LogP contribution in [-0.2, 0) is 16.0 Å². The van der Waals surface area contributed by atoms with E-state index in [-0.39, 0.29) is 6.42 Å². The van der Waals surface area contributed by atoms with Crippen LogP contribution in [0.3, 0.4) is 0 Å². The number of aliphatic carboxylic acids is 1. The first kappa shape index (κ1) is 15.2. The van der Waals surface area contributed by atoms with Gasteiger partial charge in [-0.1, -0.05) is 20.8 Å². The number of amides is 1. The van der Waals surface area contributed by atoms with E-state index in [0.29, 0.717) is 5.69 Å². The van der Waals surface area contributed by atoms with Gasteiger partial charge in [-0.05, 0) is 5.41 Å². The molecule has 1 aromatic rings. The summed E-state index contributed by atoms with van der Waals surface area (Å²) in [4.78, 5) is 29.7. The zero-order valence-corrected chi connectivity index (χ0v) is 11.3. The maximum atomic E-state index is 11.9. The first-order valence-corrected chi connectivity index (χ1v) is 5.98. The molecule has 0 radical (unpaired) electrons. The number of carboxylic acids is 1. The van der Waals surface area contributed by atoms with Crippen molar-refractivity contribution in [3.63, 3.8) is 0 Å². The fourth-order valence-corrected chi connectivity index (χ4v) is 1.47. The van der Waals surface area contributed by atoms with Crippen molar-refractivity contribution in [2.75, 3.05) is 0 Å². The third kappa shape index (κ3) is 4.36. The van der Waals surface area contributed by atoms with Gasteiger partial charge < -0.3 is 21.1 Å². The van der Waals surface area contributed by atoms with Crippen LogP contribution in [-0.4, -0.2) is 39.0 Å². The van der Waals surface area contributed by atoms with Crippen molar-refractivity contribution in [3.8, 4) is 0 Å². The van der Waals surface area contributed by atoms with E-state index in [1.807, 2.05) is 20.8 Å². The molecular formula is C12H20N4O3. The second kappa shape index (κ2) is 5.83. The van der Waals surface area contributed by atoms with E-state index in [1.165, 1.54) is 12.5 Å². The number of hydrogen-bond acceptors (Lipinski definition) is 4. The molecule has 1 rings (SSSR count). The molecule has 0 aliphatic rings. The van der Waals surface area contributed by atoms with Crippen molar-refractivity contribution in [2.24, 2.45) is 11.1 Å². The molecular weight excluding hydrogens is 248 g/mol. The van der Waals surface area contributed by atoms with E-state index in [1.54, 1.807) is 0 Å². The van der Waals surface area contributed by atoms with Gasteiger partial charge in [0, 0.05) is 18.3 Å². The number of hydrogen-bond donors (Lipinski definition) is 4. The van der Waals surface area contributed by atoms with Gasteiger partial charge in [-0.15, -0.1) is 0 Å². The summed E-state index contributed by atoms with van der Waals surface area (Å²) in [6.07, 6.45) is 3.11. The Bertz CT molecular complexity index is 436. The van der Waals surface area contributed by atoms with Gasteiger partial charge in [0.25, 0.3) is 0 Å². The smallest absolute Gasteiger partial charge is 0.326 e. The van der Waals surface area contributed by atoms with E-state index in [9.17, 15) is 9.59 Å². The molecule has 2 atom stereocenters. The highest BCUT2D eigenvalue weighted by molar-refractivity contribution is 5.87. The van der Waals surface area contributed by atoms with E-state index in [2.05, 4.69) is 15.3 Å². The first-order valence-electron chi connectivity index (χ1n) is 5.98. The Hall–Kier alpha value is -1.89. The third-order valence-corrected chi connectivity index (χ3v) is 2.81. The number of rotatable bonds is 5. The highest BCUT2D eigenvalue weighted by Crippen LogP contribution is 2.17. The number of carbonyl (C=O) groups is 2. The summed E-state index contributed by atoms with van der Waals surface area (Å²) >= 11 is 0. The molecule has 0 saturated heterocycles. The molecule has 0 fully saturated rings. The Morgan fingerprint density at radius 3 is 2.58 bits per heavy atom. The number of aromatic amines is 1. The SMILES string of the molecule is CC(C)(C)C(N)C(=O)NC(Cc1cnc[nH]1)C(=O)O. The van der Waals surface area contributed by atoms with Gasteiger partial charge in [-0.25, -0.2) is 9.78 Å². The van der Waals surface area contributed by atoms with Crippen LogP contribution in [0.2, 0.25) is 0 Å². The number of nitrogens with two attached hydrogens (primary N) is 1. The van der Waals surface area contributed by atoms with Gasteiger partial charge in [0.15, 0.2) is 0 Å². The molecule has 1 aromatic heterocycles. The van der Waals surface area contributed by atoms with Gasteiger partial charge in [-0.2, -0.15) is 0 Å². The van der Waals surface area contributed by atoms with Crippen LogP contribution in [0.1, 0.15) is 26.5 Å². The third-order valence-electron chi connectivity index (χ3n) is 2.81. The largest absolute Gasteiger partial charge is 0.480 e. The van der Waals surface area contributed by atoms with E-state index >= 15 is 0 Å². The molecule has 0 aromatic carbocycles. The summed E-state index contributed by atoms with van der Waals surface area (Å²) in [5.74, 6) is -1.58. The topological polar surface area (TPSA) is 121 Å². The number of nitrogens with one attached hydrogen (secondary N) is 2. The average molecular weight is 268 g/mol. The van der Waals surface area contributed by atoms with Crippen molar-refractivity contribution in [1.29, 1.82) is 0 Å². The number of carboxylic acid groups (broad SMARTS) is 1. The molecule has 19 heavy (non-hydrogen) atoms. The van der Waals surface area contributed by atoms with Crippen molar-refractivity contribution < 1.29 is 14.7 Å². The zero-order chi connectivity index (χ0) is 14.6. The van der Waals surface area contributed by atoms with E-state index < -0.39 is 29.4 Å². The van der Waals surface area contributed by atoms with Crippen molar-refractivity contribution >= 4 is 11.9 Å². The Morgan fingerprint density at radius 2 is 2.16 bits per heavy atom. The van der Waals surface area contributed by atoms with Crippen molar-refractivity contribution in [1.82, 2.24) is 15.3 Å². The quantitative estimate of drug-likeness (QED) is 0.594. The second-order valence-corrected chi connectivity index (χ2v) is 5.52. The lowest BCUT2D eigenvalue weighted by atomic mass is 9.87. The number of carbonyl (C=O) groups excluding carboxylic acids is 1. The van der Waals surface area contributed by atoms with E-state index in [0.717, 1.165) is 0 Å². The predicted molar refractivity (Wildman–Crippen MR) is 69.3 cm³/mol. The highest BCUT2D eigenvalue weighted by Gasteiger charge is 2.30. The summed E-state index contributed by atoms with van der Waals surface area (Å²) < 4.78 is 0. The minimum Gasteiger partial charge on any atom is -0.480 e. The molecule has 0 aliphatic carbocycles. The Balaban J connectivity index is 2.69. The Morgan fingerprint density at radius 1 is 1.53 bits per heavy atom. The minimum absolute atomic E-state index is 0.137. The minimum atomic E-state index is -1.11. The van der Waals surface area contributed by atoms with Crippen LogP contribution in [0, 0.1) is 5.41 Å². The van der Waals surface area contributed by atoms with Gasteiger partial charge in [0.1, 0.15) is 6.04 Å². The standard InChI is InChI=1S/C12H20N4O3/c1-12(2,3)9(13)10(17)16-8(11(18)19)4-7-5-14-6-15-7/h5-6,8-9H,4,13H2,1-3H3,(H,14,15)(H,16,17)(H,18,19). The van der Waals surface area contributed by atoms with Gasteiger partial charge in [0.05, 0.1) is 12.4 Å². The van der Waals surface area contributed by atoms with Crippen LogP contribution in [0.5, 0.6) is 0 Å². The molecule has 5 N–H and O–H groups in total. The lowest BCUT2D eigenvalue weighted by Gasteiger charge is -2.27. The summed E-state index contributed by atoms with van der Waals surface area (Å²) in [5, 5.41) is 11.6. The van der Waals surface area contributed by atoms with Gasteiger partial charge in [0.2, 0.25) is 5.91 Å². The zero-order valence-electron chi connectivity index (χ0n) is 11.3. The summed E-state index contributed by atoms with van der Waals surface area (Å²) in [5.41, 5.74) is 6.00. The first-order chi connectivity index (χ1) is 8.71. The summed E-state index contributed by atoms with van der Waals surface area (Å²) in [6, 6.07) is -1.79. The molecule has 7 nitrogen and oxygen atoms in total. The van der Waals surface area contributed by atoms with Crippen LogP contribution in [0.25, 0.3) is 0 Å². The number of nitrogens with zero attached hydrogens (tertiary/aromatic N) is 1. The summed E-state index contributed by atoms with van der Waals surface area (Å²) in [7, 11) is 0. The van der Waals surface area contributed by atoms with Crippen molar-refractivity contribution in [2.45, 2.75) is 39.3 Å². The van der Waals surface area contributed by atoms with Crippen LogP contribution in [0.15, 0.2) is 12.5 Å². The molecule has 7 heteroatoms. The van der Waals surface area contributed by atoms with Crippen LogP contribution in [0.4, 0.5) is 0 Å². The lowest BCUT2D eigenvalue weighted by molar-refractivity contribution is -0.142. The van der Waals surface area contributed by atoms with Gasteiger partial charge >= 0.3 is 5.97 Å². The van der Waals surface area contributed by atoms with E-state index in [4.69, 9.17) is 10.8 Å². The average Bonchev–Trinajstić information content (AvgIpc) is 2.78. The summed E-state index contributed by atoms with van der Waals surface area (Å²) in [6.45, 7) is 5.46. The molecule has 0 aliphatic heterocycles. The lowest BCUT2D eigenvalue weighted by Crippen LogP contribution is -2.53. The number of aromatic nitrogens is 2. The normalized spacial score (nSPS) is 14.7. The molecule has 106 valence electrons.